The molecule has 0 radical (unpaired) electrons. The third kappa shape index (κ3) is 5.02. The number of benzene rings is 1. The number of amides is 1. The predicted molar refractivity (Wildman–Crippen MR) is 103 cm³/mol. The molecule has 2 aromatic rings. The minimum atomic E-state index is -0.218. The van der Waals surface area contributed by atoms with Crippen molar-refractivity contribution < 1.29 is 4.79 Å². The van der Waals surface area contributed by atoms with Gasteiger partial charge in [0.15, 0.2) is 0 Å². The van der Waals surface area contributed by atoms with E-state index in [4.69, 9.17) is 0 Å². The fourth-order valence-corrected chi connectivity index (χ4v) is 2.62. The molecular formula is C20H28N4O. The smallest absolute Gasteiger partial charge is 0.274 e. The molecule has 0 bridgehead atoms. The van der Waals surface area contributed by atoms with Crippen molar-refractivity contribution >= 4 is 17.4 Å². The number of rotatable bonds is 6. The predicted octanol–water partition coefficient (Wildman–Crippen LogP) is 4.26. The third-order valence-corrected chi connectivity index (χ3v) is 4.11. The summed E-state index contributed by atoms with van der Waals surface area (Å²) in [5.41, 5.74) is 2.23. The van der Waals surface area contributed by atoms with Crippen molar-refractivity contribution in [2.75, 3.05) is 23.8 Å². The summed E-state index contributed by atoms with van der Waals surface area (Å²) >= 11 is 0. The van der Waals surface area contributed by atoms with E-state index in [1.165, 1.54) is 6.33 Å². The largest absolute Gasteiger partial charge is 0.360 e. The van der Waals surface area contributed by atoms with Crippen molar-refractivity contribution in [3.8, 4) is 0 Å². The summed E-state index contributed by atoms with van der Waals surface area (Å²) in [7, 11) is 1.98. The Morgan fingerprint density at radius 1 is 1.20 bits per heavy atom. The number of carbonyl (C=O) groups excluding carboxylic acids is 1. The summed E-state index contributed by atoms with van der Waals surface area (Å²) in [5, 5.41) is 2.99. The van der Waals surface area contributed by atoms with Crippen molar-refractivity contribution in [1.82, 2.24) is 9.97 Å². The van der Waals surface area contributed by atoms with Crippen LogP contribution in [0.25, 0.3) is 0 Å². The Hall–Kier alpha value is -2.43. The van der Waals surface area contributed by atoms with Gasteiger partial charge in [-0.1, -0.05) is 52.3 Å². The van der Waals surface area contributed by atoms with Gasteiger partial charge < -0.3 is 10.2 Å². The number of unbranched alkanes of at least 4 members (excludes halogenated alkanes) is 1. The summed E-state index contributed by atoms with van der Waals surface area (Å²) in [6, 6.07) is 9.62. The average Bonchev–Trinajstić information content (AvgIpc) is 2.59. The van der Waals surface area contributed by atoms with E-state index in [2.05, 4.69) is 43.0 Å². The van der Waals surface area contributed by atoms with Crippen molar-refractivity contribution in [3.05, 3.63) is 47.9 Å². The summed E-state index contributed by atoms with van der Waals surface area (Å²) in [4.78, 5) is 23.1. The van der Waals surface area contributed by atoms with Crippen LogP contribution in [-0.4, -0.2) is 29.5 Å². The number of carbonyl (C=O) groups is 1. The fraction of sp³-hybridized carbons (Fsp3) is 0.450. The lowest BCUT2D eigenvalue weighted by molar-refractivity contribution is 0.102. The lowest BCUT2D eigenvalue weighted by atomic mass is 9.86. The standard InChI is InChI=1S/C20H28N4O/c1-6-7-12-24(5)18-13-17(21-14-22-18)19(25)23-16-11-9-8-10-15(16)20(2,3)4/h8-11,13-14H,6-7,12H2,1-5H3,(H,23,25). The highest BCUT2D eigenvalue weighted by atomic mass is 16.1. The monoisotopic (exact) mass is 340 g/mol. The Morgan fingerprint density at radius 3 is 2.60 bits per heavy atom. The highest BCUT2D eigenvalue weighted by Gasteiger charge is 2.19. The van der Waals surface area contributed by atoms with E-state index >= 15 is 0 Å². The summed E-state index contributed by atoms with van der Waals surface area (Å²) in [6.07, 6.45) is 3.65. The highest BCUT2D eigenvalue weighted by molar-refractivity contribution is 6.03. The van der Waals surface area contributed by atoms with Crippen LogP contribution in [0.3, 0.4) is 0 Å². The van der Waals surface area contributed by atoms with Gasteiger partial charge in [-0.25, -0.2) is 9.97 Å². The van der Waals surface area contributed by atoms with E-state index in [0.29, 0.717) is 5.69 Å². The summed E-state index contributed by atoms with van der Waals surface area (Å²) in [6.45, 7) is 9.44. The minimum Gasteiger partial charge on any atom is -0.360 e. The Balaban J connectivity index is 2.20. The van der Waals surface area contributed by atoms with E-state index < -0.39 is 0 Å². The molecule has 5 nitrogen and oxygen atoms in total. The number of nitrogens with zero attached hydrogens (tertiary/aromatic N) is 3. The van der Waals surface area contributed by atoms with Crippen LogP contribution in [-0.2, 0) is 5.41 Å². The zero-order valence-corrected chi connectivity index (χ0v) is 15.8. The van der Waals surface area contributed by atoms with E-state index in [0.717, 1.165) is 36.5 Å². The second-order valence-electron chi connectivity index (χ2n) is 7.29. The van der Waals surface area contributed by atoms with Gasteiger partial charge in [0.25, 0.3) is 5.91 Å². The molecule has 0 fully saturated rings. The number of para-hydroxylation sites is 1. The first-order valence-corrected chi connectivity index (χ1v) is 8.77. The molecule has 0 atom stereocenters. The van der Waals surface area contributed by atoms with Crippen LogP contribution in [0.4, 0.5) is 11.5 Å². The molecule has 0 aliphatic heterocycles. The van der Waals surface area contributed by atoms with Crippen LogP contribution in [0.15, 0.2) is 36.7 Å². The van der Waals surface area contributed by atoms with Gasteiger partial charge in [-0.2, -0.15) is 0 Å². The first-order chi connectivity index (χ1) is 11.8. The second-order valence-corrected chi connectivity index (χ2v) is 7.29. The number of nitrogens with one attached hydrogen (secondary N) is 1. The third-order valence-electron chi connectivity index (χ3n) is 4.11. The molecule has 0 unspecified atom stereocenters. The second kappa shape index (κ2) is 8.10. The van der Waals surface area contributed by atoms with E-state index in [9.17, 15) is 4.79 Å². The van der Waals surface area contributed by atoms with Gasteiger partial charge in [0.2, 0.25) is 0 Å². The Kier molecular flexibility index (Phi) is 6.12. The Morgan fingerprint density at radius 2 is 1.92 bits per heavy atom. The highest BCUT2D eigenvalue weighted by Crippen LogP contribution is 2.29. The van der Waals surface area contributed by atoms with Crippen LogP contribution in [0.2, 0.25) is 0 Å². The van der Waals surface area contributed by atoms with Crippen LogP contribution >= 0.6 is 0 Å². The Labute approximate surface area is 150 Å². The van der Waals surface area contributed by atoms with Gasteiger partial charge in [0.05, 0.1) is 0 Å². The molecule has 1 aromatic carbocycles. The summed E-state index contributed by atoms with van der Waals surface area (Å²) in [5.74, 6) is 0.543. The van der Waals surface area contributed by atoms with Gasteiger partial charge in [-0.3, -0.25) is 4.79 Å². The molecule has 0 saturated carbocycles. The maximum absolute atomic E-state index is 12.7. The molecule has 1 N–H and O–H groups in total. The molecule has 25 heavy (non-hydrogen) atoms. The SMILES string of the molecule is CCCCN(C)c1cc(C(=O)Nc2ccccc2C(C)(C)C)ncn1. The van der Waals surface area contributed by atoms with Crippen molar-refractivity contribution in [1.29, 1.82) is 0 Å². The maximum Gasteiger partial charge on any atom is 0.274 e. The average molecular weight is 340 g/mol. The van der Waals surface area contributed by atoms with Crippen LogP contribution in [0.1, 0.15) is 56.6 Å². The molecule has 1 amide bonds. The normalized spacial score (nSPS) is 11.2. The van der Waals surface area contributed by atoms with Gasteiger partial charge in [-0.15, -0.1) is 0 Å². The van der Waals surface area contributed by atoms with Crippen molar-refractivity contribution in [3.63, 3.8) is 0 Å². The van der Waals surface area contributed by atoms with E-state index in [1.807, 2.05) is 36.2 Å². The lowest BCUT2D eigenvalue weighted by Gasteiger charge is -2.23. The van der Waals surface area contributed by atoms with Crippen LogP contribution < -0.4 is 10.2 Å². The molecule has 5 heteroatoms. The topological polar surface area (TPSA) is 58.1 Å². The number of hydrogen-bond donors (Lipinski definition) is 1. The van der Waals surface area contributed by atoms with E-state index in [1.54, 1.807) is 6.07 Å². The first kappa shape index (κ1) is 18.9. The maximum atomic E-state index is 12.7. The molecule has 0 aliphatic rings. The molecular weight excluding hydrogens is 312 g/mol. The summed E-state index contributed by atoms with van der Waals surface area (Å²) < 4.78 is 0. The molecule has 134 valence electrons. The first-order valence-electron chi connectivity index (χ1n) is 8.77. The molecule has 0 saturated heterocycles. The zero-order valence-electron chi connectivity index (χ0n) is 15.8. The van der Waals surface area contributed by atoms with E-state index in [-0.39, 0.29) is 11.3 Å². The molecule has 0 spiro atoms. The zero-order chi connectivity index (χ0) is 18.4. The Bertz CT molecular complexity index is 722. The van der Waals surface area contributed by atoms with Gasteiger partial charge in [0, 0.05) is 25.3 Å². The number of aromatic nitrogens is 2. The van der Waals surface area contributed by atoms with Crippen LogP contribution in [0.5, 0.6) is 0 Å². The number of hydrogen-bond acceptors (Lipinski definition) is 4. The lowest BCUT2D eigenvalue weighted by Crippen LogP contribution is -2.22. The fourth-order valence-electron chi connectivity index (χ4n) is 2.62. The minimum absolute atomic E-state index is 0.0545. The molecule has 2 rings (SSSR count). The van der Waals surface area contributed by atoms with Gasteiger partial charge in [-0.05, 0) is 23.5 Å². The molecule has 1 heterocycles. The molecule has 0 aliphatic carbocycles. The van der Waals surface area contributed by atoms with Crippen molar-refractivity contribution in [2.24, 2.45) is 0 Å². The number of anilines is 2. The quantitative estimate of drug-likeness (QED) is 0.853. The van der Waals surface area contributed by atoms with Crippen molar-refractivity contribution in [2.45, 2.75) is 46.0 Å². The van der Waals surface area contributed by atoms with Crippen LogP contribution in [0, 0.1) is 0 Å². The van der Waals surface area contributed by atoms with Gasteiger partial charge in [0.1, 0.15) is 17.8 Å². The van der Waals surface area contributed by atoms with Gasteiger partial charge >= 0.3 is 0 Å². The molecule has 1 aromatic heterocycles.